The highest BCUT2D eigenvalue weighted by atomic mass is 32.2. The van der Waals surface area contributed by atoms with Gasteiger partial charge in [-0.05, 0) is 44.0 Å². The Bertz CT molecular complexity index is 737. The number of hydrogen-bond acceptors (Lipinski definition) is 4. The first-order valence-corrected chi connectivity index (χ1v) is 10.1. The van der Waals surface area contributed by atoms with Crippen molar-refractivity contribution in [2.75, 3.05) is 20.1 Å². The number of amides is 1. The van der Waals surface area contributed by atoms with Gasteiger partial charge in [0.25, 0.3) is 5.91 Å². The molecule has 2 aliphatic heterocycles. The summed E-state index contributed by atoms with van der Waals surface area (Å²) in [6.07, 6.45) is 3.22. The Labute approximate surface area is 146 Å². The van der Waals surface area contributed by atoms with Crippen LogP contribution in [-0.4, -0.2) is 62.1 Å². The van der Waals surface area contributed by atoms with Gasteiger partial charge in [0.1, 0.15) is 0 Å². The lowest BCUT2D eigenvalue weighted by atomic mass is 10.1. The van der Waals surface area contributed by atoms with Crippen molar-refractivity contribution in [2.45, 2.75) is 42.9 Å². The van der Waals surface area contributed by atoms with Crippen molar-refractivity contribution in [3.05, 3.63) is 35.4 Å². The maximum atomic E-state index is 12.7. The van der Waals surface area contributed by atoms with Gasteiger partial charge in [-0.15, -0.1) is 0 Å². The highest BCUT2D eigenvalue weighted by Gasteiger charge is 2.36. The summed E-state index contributed by atoms with van der Waals surface area (Å²) >= 11 is 0. The summed E-state index contributed by atoms with van der Waals surface area (Å²) in [6, 6.07) is 6.82. The Morgan fingerprint density at radius 2 is 1.80 bits per heavy atom. The molecule has 2 unspecified atom stereocenters. The molecule has 2 saturated heterocycles. The van der Waals surface area contributed by atoms with E-state index in [4.69, 9.17) is 0 Å². The number of benzene rings is 1. The number of halogens is 2. The van der Waals surface area contributed by atoms with Gasteiger partial charge in [-0.1, -0.05) is 12.1 Å². The van der Waals surface area contributed by atoms with Gasteiger partial charge in [-0.25, -0.2) is 8.42 Å². The van der Waals surface area contributed by atoms with Gasteiger partial charge in [0, 0.05) is 30.7 Å². The quantitative estimate of drug-likeness (QED) is 0.813. The average molecular weight is 372 g/mol. The third-order valence-corrected chi connectivity index (χ3v) is 6.55. The highest BCUT2D eigenvalue weighted by molar-refractivity contribution is 7.90. The summed E-state index contributed by atoms with van der Waals surface area (Å²) < 4.78 is 47.4. The van der Waals surface area contributed by atoms with Crippen LogP contribution in [0.5, 0.6) is 0 Å². The first-order chi connectivity index (χ1) is 11.8. The number of sulfone groups is 1. The monoisotopic (exact) mass is 372 g/mol. The topological polar surface area (TPSA) is 57.7 Å². The fraction of sp³-hybridized carbons (Fsp3) is 0.588. The number of fused-ring (bicyclic) bond motifs is 2. The molecule has 1 aromatic carbocycles. The molecule has 25 heavy (non-hydrogen) atoms. The molecule has 0 aliphatic carbocycles. The molecule has 8 heteroatoms. The van der Waals surface area contributed by atoms with Crippen LogP contribution in [0.1, 0.15) is 35.2 Å². The molecule has 0 radical (unpaired) electrons. The maximum Gasteiger partial charge on any atom is 0.337 e. The molecule has 2 heterocycles. The van der Waals surface area contributed by atoms with Gasteiger partial charge in [0.05, 0.1) is 5.75 Å². The minimum atomic E-state index is -4.46. The van der Waals surface area contributed by atoms with E-state index in [1.54, 1.807) is 0 Å². The van der Waals surface area contributed by atoms with Crippen LogP contribution in [0.2, 0.25) is 0 Å². The Balaban J connectivity index is 1.69. The van der Waals surface area contributed by atoms with Crippen molar-refractivity contribution < 1.29 is 22.0 Å². The molecule has 2 bridgehead atoms. The molecule has 2 atom stereocenters. The van der Waals surface area contributed by atoms with E-state index in [2.05, 4.69) is 11.9 Å². The second kappa shape index (κ2) is 6.99. The van der Waals surface area contributed by atoms with Crippen LogP contribution >= 0.6 is 0 Å². The normalized spacial score (nSPS) is 24.6. The Hall–Kier alpha value is -1.54. The van der Waals surface area contributed by atoms with E-state index in [1.807, 2.05) is 4.90 Å². The molecule has 0 aromatic heterocycles. The molecular formula is C17H22F2N2O3S. The summed E-state index contributed by atoms with van der Waals surface area (Å²) in [5.74, 6) is -4.21. The first kappa shape index (κ1) is 18.3. The van der Waals surface area contributed by atoms with Crippen LogP contribution in [-0.2, 0) is 15.6 Å². The highest BCUT2D eigenvalue weighted by Crippen LogP contribution is 2.29. The molecule has 1 amide bonds. The fourth-order valence-corrected chi connectivity index (χ4v) is 4.50. The zero-order chi connectivity index (χ0) is 18.2. The number of carbonyl (C=O) groups excluding carboxylic acids is 1. The van der Waals surface area contributed by atoms with Crippen molar-refractivity contribution in [1.29, 1.82) is 0 Å². The lowest BCUT2D eigenvalue weighted by Crippen LogP contribution is -2.39. The molecule has 0 N–H and O–H groups in total. The van der Waals surface area contributed by atoms with Crippen molar-refractivity contribution in [2.24, 2.45) is 0 Å². The molecule has 1 aromatic rings. The van der Waals surface area contributed by atoms with Crippen LogP contribution in [0.4, 0.5) is 8.78 Å². The van der Waals surface area contributed by atoms with Crippen molar-refractivity contribution in [3.8, 4) is 0 Å². The number of nitrogens with zero attached hydrogens (tertiary/aromatic N) is 2. The number of alkyl halides is 2. The van der Waals surface area contributed by atoms with E-state index in [0.29, 0.717) is 30.7 Å². The van der Waals surface area contributed by atoms with Crippen LogP contribution in [0.25, 0.3) is 0 Å². The van der Waals surface area contributed by atoms with E-state index in [-0.39, 0.29) is 11.5 Å². The smallest absolute Gasteiger partial charge is 0.337 e. The predicted molar refractivity (Wildman–Crippen MR) is 90.2 cm³/mol. The SMILES string of the molecule is CN1C2CCC1CN(C(=O)c1ccc(CS(=O)(=O)C(F)F)cc1)CC2. The molecular weight excluding hydrogens is 350 g/mol. The van der Waals surface area contributed by atoms with Crippen molar-refractivity contribution >= 4 is 15.7 Å². The third kappa shape index (κ3) is 3.84. The zero-order valence-corrected chi connectivity index (χ0v) is 14.9. The van der Waals surface area contributed by atoms with Crippen LogP contribution in [0.3, 0.4) is 0 Å². The minimum Gasteiger partial charge on any atom is -0.337 e. The summed E-state index contributed by atoms with van der Waals surface area (Å²) in [5, 5.41) is 0. The van der Waals surface area contributed by atoms with Gasteiger partial charge in [-0.3, -0.25) is 9.69 Å². The van der Waals surface area contributed by atoms with Crippen LogP contribution in [0.15, 0.2) is 24.3 Å². The Kier molecular flexibility index (Phi) is 5.11. The summed E-state index contributed by atoms with van der Waals surface area (Å²) in [4.78, 5) is 16.9. The standard InChI is InChI=1S/C17H22F2N2O3S/c1-20-14-6-7-15(20)10-21(9-8-14)16(22)13-4-2-12(3-5-13)11-25(23,24)17(18)19/h2-5,14-15,17H,6-11H2,1H3. The van der Waals surface area contributed by atoms with Crippen LogP contribution in [0, 0.1) is 0 Å². The Morgan fingerprint density at radius 3 is 2.44 bits per heavy atom. The van der Waals surface area contributed by atoms with Crippen molar-refractivity contribution in [3.63, 3.8) is 0 Å². The van der Waals surface area contributed by atoms with E-state index in [9.17, 15) is 22.0 Å². The lowest BCUT2D eigenvalue weighted by molar-refractivity contribution is 0.0740. The van der Waals surface area contributed by atoms with E-state index in [1.165, 1.54) is 30.7 Å². The van der Waals surface area contributed by atoms with Gasteiger partial charge < -0.3 is 4.90 Å². The number of likely N-dealkylation sites (N-methyl/N-ethyl adjacent to an activating group) is 1. The summed E-state index contributed by atoms with van der Waals surface area (Å²) in [6.45, 7) is 1.39. The molecule has 2 aliphatic rings. The van der Waals surface area contributed by atoms with Crippen molar-refractivity contribution in [1.82, 2.24) is 9.80 Å². The van der Waals surface area contributed by atoms with Crippen LogP contribution < -0.4 is 0 Å². The third-order valence-electron chi connectivity index (χ3n) is 5.28. The minimum absolute atomic E-state index is 0.0933. The lowest BCUT2D eigenvalue weighted by Gasteiger charge is -2.26. The molecule has 138 valence electrons. The first-order valence-electron chi connectivity index (χ1n) is 8.38. The maximum absolute atomic E-state index is 12.7. The molecule has 5 nitrogen and oxygen atoms in total. The second-order valence-corrected chi connectivity index (χ2v) is 8.83. The van der Waals surface area contributed by atoms with E-state index in [0.717, 1.165) is 12.8 Å². The second-order valence-electron chi connectivity index (χ2n) is 6.86. The summed E-state index contributed by atoms with van der Waals surface area (Å²) in [5.41, 5.74) is 0.713. The predicted octanol–water partition coefficient (Wildman–Crippen LogP) is 2.13. The summed E-state index contributed by atoms with van der Waals surface area (Å²) in [7, 11) is -2.35. The fourth-order valence-electron chi connectivity index (χ4n) is 3.71. The van der Waals surface area contributed by atoms with E-state index < -0.39 is 21.3 Å². The molecule has 0 saturated carbocycles. The number of hydrogen-bond donors (Lipinski definition) is 0. The molecule has 2 fully saturated rings. The largest absolute Gasteiger partial charge is 0.337 e. The van der Waals surface area contributed by atoms with Gasteiger partial charge in [0.2, 0.25) is 9.84 Å². The molecule has 3 rings (SSSR count). The van der Waals surface area contributed by atoms with Gasteiger partial charge in [0.15, 0.2) is 0 Å². The van der Waals surface area contributed by atoms with E-state index >= 15 is 0 Å². The average Bonchev–Trinajstić information content (AvgIpc) is 2.79. The number of carbonyl (C=O) groups is 1. The van der Waals surface area contributed by atoms with Gasteiger partial charge in [-0.2, -0.15) is 8.78 Å². The molecule has 0 spiro atoms. The Morgan fingerprint density at radius 1 is 1.16 bits per heavy atom. The zero-order valence-electron chi connectivity index (χ0n) is 14.1. The number of likely N-dealkylation sites (tertiary alicyclic amines) is 1. The number of rotatable bonds is 4. The van der Waals surface area contributed by atoms with Gasteiger partial charge >= 0.3 is 5.76 Å².